The highest BCUT2D eigenvalue weighted by atomic mass is 35.5. The van der Waals surface area contributed by atoms with Crippen LogP contribution in [0.1, 0.15) is 28.6 Å². The van der Waals surface area contributed by atoms with Crippen LogP contribution >= 0.6 is 11.6 Å². The third-order valence-corrected chi connectivity index (χ3v) is 4.98. The van der Waals surface area contributed by atoms with Crippen molar-refractivity contribution < 1.29 is 33.4 Å². The number of ether oxygens (including phenoxy) is 3. The molecule has 0 spiro atoms. The van der Waals surface area contributed by atoms with Crippen molar-refractivity contribution in [2.75, 3.05) is 40.0 Å². The fraction of sp³-hybridized carbons (Fsp3) is 0.500. The van der Waals surface area contributed by atoms with E-state index >= 15 is 0 Å². The van der Waals surface area contributed by atoms with Crippen LogP contribution in [0.2, 0.25) is 5.02 Å². The monoisotopic (exact) mass is 384 g/mol. The Morgan fingerprint density at radius 1 is 1.35 bits per heavy atom. The smallest absolute Gasteiger partial charge is 0.342 e. The Hall–Kier alpha value is -1.96. The number of rotatable bonds is 5. The molecule has 2 N–H and O–H groups in total. The lowest BCUT2D eigenvalue weighted by atomic mass is 10.0. The highest BCUT2D eigenvalue weighted by molar-refractivity contribution is 6.34. The molecule has 8 heteroatoms. The van der Waals surface area contributed by atoms with E-state index in [0.29, 0.717) is 41.7 Å². The van der Waals surface area contributed by atoms with Gasteiger partial charge in [-0.2, -0.15) is 0 Å². The minimum Gasteiger partial charge on any atom is -0.504 e. The molecule has 0 atom stereocenters. The average Bonchev–Trinajstić information content (AvgIpc) is 2.97. The zero-order valence-corrected chi connectivity index (χ0v) is 15.9. The number of fused-ring (bicyclic) bond motifs is 1. The average molecular weight is 385 g/mol. The maximum atomic E-state index is 12.4. The lowest BCUT2D eigenvalue weighted by molar-refractivity contribution is -0.921. The maximum Gasteiger partial charge on any atom is 0.342 e. The lowest BCUT2D eigenvalue weighted by Crippen LogP contribution is -3.12. The normalized spacial score (nSPS) is 15.4. The minimum absolute atomic E-state index is 0.133. The standard InChI is InChI=1S/C18H22ClNO6/c1-4-25-18(22)12-10(2)26-16-11(9-20-5-7-24-8-6-20)14(19)17(23-3)15(21)13(12)16/h21H,4-9H2,1-3H3/p+1. The number of morpholine rings is 1. The Labute approximate surface area is 156 Å². The van der Waals surface area contributed by atoms with Gasteiger partial charge in [0, 0.05) is 0 Å². The van der Waals surface area contributed by atoms with E-state index in [2.05, 4.69) is 0 Å². The van der Waals surface area contributed by atoms with Gasteiger partial charge in [-0.25, -0.2) is 4.79 Å². The van der Waals surface area contributed by atoms with Crippen LogP contribution in [-0.2, 0) is 16.0 Å². The Balaban J connectivity index is 2.20. The molecule has 26 heavy (non-hydrogen) atoms. The zero-order chi connectivity index (χ0) is 18.8. The van der Waals surface area contributed by atoms with Gasteiger partial charge in [-0.1, -0.05) is 11.6 Å². The number of hydrogen-bond acceptors (Lipinski definition) is 6. The first kappa shape index (κ1) is 18.8. The van der Waals surface area contributed by atoms with Gasteiger partial charge in [-0.05, 0) is 13.8 Å². The summed E-state index contributed by atoms with van der Waals surface area (Å²) in [5.74, 6) is -0.259. The molecular formula is C18H23ClNO6+. The summed E-state index contributed by atoms with van der Waals surface area (Å²) in [4.78, 5) is 13.7. The summed E-state index contributed by atoms with van der Waals surface area (Å²) in [6.45, 7) is 7.22. The Morgan fingerprint density at radius 3 is 2.65 bits per heavy atom. The van der Waals surface area contributed by atoms with Gasteiger partial charge in [-0.15, -0.1) is 0 Å². The van der Waals surface area contributed by atoms with Crippen LogP contribution in [0, 0.1) is 6.92 Å². The molecule has 0 radical (unpaired) electrons. The molecule has 0 aliphatic carbocycles. The quantitative estimate of drug-likeness (QED) is 0.763. The molecule has 1 saturated heterocycles. The number of phenolic OH excluding ortho intramolecular Hbond substituents is 1. The van der Waals surface area contributed by atoms with E-state index in [0.717, 1.165) is 13.1 Å². The van der Waals surface area contributed by atoms with Crippen molar-refractivity contribution in [2.45, 2.75) is 20.4 Å². The molecule has 1 aliphatic rings. The van der Waals surface area contributed by atoms with Gasteiger partial charge in [0.25, 0.3) is 0 Å². The fourth-order valence-corrected chi connectivity index (χ4v) is 3.64. The molecule has 1 fully saturated rings. The second-order valence-electron chi connectivity index (χ2n) is 6.17. The molecule has 1 aromatic heterocycles. The van der Waals surface area contributed by atoms with E-state index in [4.69, 9.17) is 30.2 Å². The Bertz CT molecular complexity index is 825. The first-order valence-electron chi connectivity index (χ1n) is 8.58. The van der Waals surface area contributed by atoms with Crippen LogP contribution < -0.4 is 9.64 Å². The molecule has 2 heterocycles. The van der Waals surface area contributed by atoms with Gasteiger partial charge >= 0.3 is 5.97 Å². The molecule has 142 valence electrons. The molecule has 1 aliphatic heterocycles. The maximum absolute atomic E-state index is 12.4. The number of halogens is 1. The van der Waals surface area contributed by atoms with Gasteiger partial charge in [0.15, 0.2) is 11.5 Å². The minimum atomic E-state index is -0.548. The van der Waals surface area contributed by atoms with Crippen LogP contribution in [0.5, 0.6) is 11.5 Å². The summed E-state index contributed by atoms with van der Waals surface area (Å²) in [6, 6.07) is 0. The Kier molecular flexibility index (Phi) is 5.60. The number of quaternary nitrogens is 1. The third kappa shape index (κ3) is 3.22. The summed E-state index contributed by atoms with van der Waals surface area (Å²) >= 11 is 6.51. The number of carbonyl (C=O) groups is 1. The highest BCUT2D eigenvalue weighted by Crippen LogP contribution is 2.47. The summed E-state index contributed by atoms with van der Waals surface area (Å²) in [7, 11) is 1.43. The molecule has 2 aromatic rings. The van der Waals surface area contributed by atoms with Crippen LogP contribution in [0.4, 0.5) is 0 Å². The van der Waals surface area contributed by atoms with Crippen LogP contribution in [-0.4, -0.2) is 51.1 Å². The van der Waals surface area contributed by atoms with Gasteiger partial charge in [-0.3, -0.25) is 0 Å². The van der Waals surface area contributed by atoms with E-state index < -0.39 is 5.97 Å². The van der Waals surface area contributed by atoms with Crippen molar-refractivity contribution in [3.8, 4) is 11.5 Å². The molecule has 0 amide bonds. The number of hydrogen-bond donors (Lipinski definition) is 2. The molecule has 7 nitrogen and oxygen atoms in total. The van der Waals surface area contributed by atoms with Gasteiger partial charge in [0.05, 0.1) is 42.9 Å². The number of esters is 1. The number of aromatic hydroxyl groups is 1. The number of benzene rings is 1. The Morgan fingerprint density at radius 2 is 2.04 bits per heavy atom. The third-order valence-electron chi connectivity index (χ3n) is 4.58. The van der Waals surface area contributed by atoms with E-state index in [1.807, 2.05) is 0 Å². The number of phenols is 1. The van der Waals surface area contributed by atoms with Crippen LogP contribution in [0.15, 0.2) is 4.42 Å². The summed E-state index contributed by atoms with van der Waals surface area (Å²) in [5.41, 5.74) is 1.30. The SMILES string of the molecule is CCOC(=O)c1c(C)oc2c(C[NH+]3CCOCC3)c(Cl)c(OC)c(O)c12. The van der Waals surface area contributed by atoms with Crippen molar-refractivity contribution in [2.24, 2.45) is 0 Å². The summed E-state index contributed by atoms with van der Waals surface area (Å²) in [6.07, 6.45) is 0. The van der Waals surface area contributed by atoms with Gasteiger partial charge in [0.2, 0.25) is 0 Å². The topological polar surface area (TPSA) is 82.6 Å². The van der Waals surface area contributed by atoms with Crippen molar-refractivity contribution in [1.82, 2.24) is 0 Å². The predicted molar refractivity (Wildman–Crippen MR) is 95.4 cm³/mol. The number of furan rings is 1. The molecule has 1 aromatic carbocycles. The zero-order valence-electron chi connectivity index (χ0n) is 15.1. The number of aryl methyl sites for hydroxylation is 1. The second kappa shape index (κ2) is 7.73. The van der Waals surface area contributed by atoms with E-state index in [1.165, 1.54) is 12.0 Å². The van der Waals surface area contributed by atoms with E-state index in [1.54, 1.807) is 13.8 Å². The first-order chi connectivity index (χ1) is 12.5. The van der Waals surface area contributed by atoms with Crippen LogP contribution in [0.25, 0.3) is 11.0 Å². The van der Waals surface area contributed by atoms with Crippen molar-refractivity contribution in [1.29, 1.82) is 0 Å². The molecule has 0 saturated carbocycles. The molecule has 0 bridgehead atoms. The molecular weight excluding hydrogens is 362 g/mol. The number of carbonyl (C=O) groups excluding carboxylic acids is 1. The molecule has 3 rings (SSSR count). The predicted octanol–water partition coefficient (Wildman–Crippen LogP) is 1.70. The molecule has 0 unspecified atom stereocenters. The lowest BCUT2D eigenvalue weighted by Gasteiger charge is -2.24. The fourth-order valence-electron chi connectivity index (χ4n) is 3.32. The van der Waals surface area contributed by atoms with Gasteiger partial charge < -0.3 is 28.6 Å². The van der Waals surface area contributed by atoms with E-state index in [9.17, 15) is 9.90 Å². The number of nitrogens with one attached hydrogen (secondary N) is 1. The summed E-state index contributed by atoms with van der Waals surface area (Å²) < 4.78 is 21.7. The first-order valence-corrected chi connectivity index (χ1v) is 8.96. The van der Waals surface area contributed by atoms with Crippen LogP contribution in [0.3, 0.4) is 0 Å². The van der Waals surface area contributed by atoms with Gasteiger partial charge in [0.1, 0.15) is 36.5 Å². The summed E-state index contributed by atoms with van der Waals surface area (Å²) in [5, 5.41) is 11.2. The van der Waals surface area contributed by atoms with Crippen molar-refractivity contribution in [3.63, 3.8) is 0 Å². The van der Waals surface area contributed by atoms with E-state index in [-0.39, 0.29) is 29.1 Å². The second-order valence-corrected chi connectivity index (χ2v) is 6.55. The van der Waals surface area contributed by atoms with Crippen molar-refractivity contribution in [3.05, 3.63) is 21.9 Å². The largest absolute Gasteiger partial charge is 0.504 e. The highest BCUT2D eigenvalue weighted by Gasteiger charge is 2.31. The number of methoxy groups -OCH3 is 1. The van der Waals surface area contributed by atoms with Crippen molar-refractivity contribution >= 4 is 28.5 Å².